The van der Waals surface area contributed by atoms with Crippen LogP contribution in [-0.2, 0) is 5.41 Å². The lowest BCUT2D eigenvalue weighted by atomic mass is 9.70. The van der Waals surface area contributed by atoms with Crippen molar-refractivity contribution in [3.05, 3.63) is 222 Å². The molecule has 9 aromatic carbocycles. The summed E-state index contributed by atoms with van der Waals surface area (Å²) in [5.74, 6) is 0. The van der Waals surface area contributed by atoms with Crippen LogP contribution in [-0.4, -0.2) is 0 Å². The fourth-order valence-electron chi connectivity index (χ4n) is 10.3. The first-order valence-electron chi connectivity index (χ1n) is 19.9. The fraction of sp³-hybridized carbons (Fsp3) is 0.0182. The molecule has 0 amide bonds. The first-order valence-corrected chi connectivity index (χ1v) is 19.9. The van der Waals surface area contributed by atoms with Crippen LogP contribution in [0.4, 0.5) is 17.1 Å². The lowest BCUT2D eigenvalue weighted by molar-refractivity contribution is 0.669. The molecule has 2 heterocycles. The Morgan fingerprint density at radius 1 is 0.328 bits per heavy atom. The van der Waals surface area contributed by atoms with E-state index in [2.05, 4.69) is 193 Å². The molecule has 58 heavy (non-hydrogen) atoms. The number of anilines is 3. The lowest BCUT2D eigenvalue weighted by Crippen LogP contribution is -2.26. The summed E-state index contributed by atoms with van der Waals surface area (Å²) in [6.45, 7) is 0. The molecular weight excluding hydrogens is 707 g/mol. The molecule has 0 saturated carbocycles. The Bertz CT molecular complexity index is 3430. The van der Waals surface area contributed by atoms with Gasteiger partial charge in [0.25, 0.3) is 0 Å². The highest BCUT2D eigenvalue weighted by molar-refractivity contribution is 6.09. The Kier molecular flexibility index (Phi) is 6.37. The third kappa shape index (κ3) is 4.17. The molecule has 0 aliphatic heterocycles. The number of para-hydroxylation sites is 1. The Balaban J connectivity index is 1.08. The monoisotopic (exact) mass is 739 g/mol. The van der Waals surface area contributed by atoms with Crippen molar-refractivity contribution in [2.45, 2.75) is 5.41 Å². The zero-order valence-electron chi connectivity index (χ0n) is 31.3. The average Bonchev–Trinajstić information content (AvgIpc) is 4.01. The van der Waals surface area contributed by atoms with E-state index in [4.69, 9.17) is 8.83 Å². The minimum Gasteiger partial charge on any atom is -0.456 e. The van der Waals surface area contributed by atoms with E-state index < -0.39 is 5.41 Å². The number of nitrogens with zero attached hydrogens (tertiary/aromatic N) is 1. The van der Waals surface area contributed by atoms with Crippen molar-refractivity contribution in [3.8, 4) is 33.4 Å². The molecule has 2 aliphatic carbocycles. The molecular formula is C55H33NO2. The van der Waals surface area contributed by atoms with Crippen LogP contribution in [0, 0.1) is 0 Å². The van der Waals surface area contributed by atoms with E-state index in [0.29, 0.717) is 0 Å². The second-order valence-electron chi connectivity index (χ2n) is 15.6. The summed E-state index contributed by atoms with van der Waals surface area (Å²) in [7, 11) is 0. The van der Waals surface area contributed by atoms with E-state index in [1.54, 1.807) is 0 Å². The van der Waals surface area contributed by atoms with Gasteiger partial charge in [0.1, 0.15) is 22.3 Å². The molecule has 270 valence electrons. The molecule has 0 unspecified atom stereocenters. The molecule has 0 atom stereocenters. The van der Waals surface area contributed by atoms with Crippen LogP contribution in [0.15, 0.2) is 209 Å². The van der Waals surface area contributed by atoms with Crippen LogP contribution in [0.2, 0.25) is 0 Å². The largest absolute Gasteiger partial charge is 0.456 e. The topological polar surface area (TPSA) is 29.5 Å². The molecule has 0 N–H and O–H groups in total. The quantitative estimate of drug-likeness (QED) is 0.180. The molecule has 0 bridgehead atoms. The molecule has 2 aliphatic rings. The summed E-state index contributed by atoms with van der Waals surface area (Å²) in [6, 6.07) is 72.4. The van der Waals surface area contributed by atoms with Crippen molar-refractivity contribution in [1.82, 2.24) is 0 Å². The lowest BCUT2D eigenvalue weighted by Gasteiger charge is -2.31. The van der Waals surface area contributed by atoms with Crippen molar-refractivity contribution in [2.75, 3.05) is 4.90 Å². The number of benzene rings is 9. The number of furan rings is 2. The Hall–Kier alpha value is -7.62. The standard InChI is InChI=1S/C55H33NO2/c1-2-13-34(14-3-1)35-25-28-41-43-30-27-37(33-53(43)58-51(41)31-35)56(36-26-29-42-40-17-7-11-24-50(40)57-52(42)32-36)49-23-12-22-48-54(49)44-18-6-10-21-47(44)55(48)45-19-8-4-15-38(45)39-16-5-9-20-46(39)55/h1-33H. The van der Waals surface area contributed by atoms with E-state index in [9.17, 15) is 0 Å². The summed E-state index contributed by atoms with van der Waals surface area (Å²) in [5, 5.41) is 4.41. The zero-order valence-corrected chi connectivity index (χ0v) is 31.3. The third-order valence-corrected chi connectivity index (χ3v) is 12.7. The van der Waals surface area contributed by atoms with Crippen LogP contribution in [0.25, 0.3) is 77.3 Å². The van der Waals surface area contributed by atoms with Gasteiger partial charge in [-0.3, -0.25) is 0 Å². The molecule has 2 aromatic heterocycles. The predicted molar refractivity (Wildman–Crippen MR) is 237 cm³/mol. The van der Waals surface area contributed by atoms with Gasteiger partial charge in [0, 0.05) is 50.6 Å². The first-order chi connectivity index (χ1) is 28.8. The summed E-state index contributed by atoms with van der Waals surface area (Å²) in [5.41, 5.74) is 18.7. The van der Waals surface area contributed by atoms with Gasteiger partial charge in [-0.2, -0.15) is 0 Å². The number of hydrogen-bond acceptors (Lipinski definition) is 3. The highest BCUT2D eigenvalue weighted by Crippen LogP contribution is 2.64. The molecule has 3 heteroatoms. The highest BCUT2D eigenvalue weighted by atomic mass is 16.3. The first kappa shape index (κ1) is 31.6. The summed E-state index contributed by atoms with van der Waals surface area (Å²) in [4.78, 5) is 2.40. The van der Waals surface area contributed by atoms with E-state index in [1.807, 2.05) is 12.1 Å². The second kappa shape index (κ2) is 11.7. The molecule has 0 radical (unpaired) electrons. The summed E-state index contributed by atoms with van der Waals surface area (Å²) >= 11 is 0. The van der Waals surface area contributed by atoms with Crippen molar-refractivity contribution in [3.63, 3.8) is 0 Å². The number of hydrogen-bond donors (Lipinski definition) is 0. The number of rotatable bonds is 4. The van der Waals surface area contributed by atoms with Crippen molar-refractivity contribution < 1.29 is 8.83 Å². The van der Waals surface area contributed by atoms with E-state index in [1.165, 1.54) is 50.1 Å². The molecule has 3 nitrogen and oxygen atoms in total. The van der Waals surface area contributed by atoms with Crippen LogP contribution in [0.5, 0.6) is 0 Å². The number of fused-ring (bicyclic) bond motifs is 16. The van der Waals surface area contributed by atoms with Gasteiger partial charge in [0.2, 0.25) is 0 Å². The SMILES string of the molecule is c1ccc(-c2ccc3c(c2)oc2cc(N(c4ccc5c(c4)oc4ccccc45)c4cccc5c4-c4ccccc4C54c5ccccc5-c5ccccc54)ccc23)cc1. The molecule has 11 aromatic rings. The fourth-order valence-corrected chi connectivity index (χ4v) is 10.3. The van der Waals surface area contributed by atoms with Gasteiger partial charge >= 0.3 is 0 Å². The third-order valence-electron chi connectivity index (χ3n) is 12.7. The van der Waals surface area contributed by atoms with Crippen LogP contribution >= 0.6 is 0 Å². The van der Waals surface area contributed by atoms with Crippen molar-refractivity contribution >= 4 is 60.9 Å². The Morgan fingerprint density at radius 2 is 0.828 bits per heavy atom. The van der Waals surface area contributed by atoms with Gasteiger partial charge < -0.3 is 13.7 Å². The minimum atomic E-state index is -0.456. The minimum absolute atomic E-state index is 0.456. The van der Waals surface area contributed by atoms with Crippen LogP contribution < -0.4 is 4.90 Å². The maximum Gasteiger partial charge on any atom is 0.137 e. The van der Waals surface area contributed by atoms with Gasteiger partial charge in [0.05, 0.1) is 11.1 Å². The molecule has 1 spiro atoms. The summed E-state index contributed by atoms with van der Waals surface area (Å²) < 4.78 is 13.3. The molecule has 13 rings (SSSR count). The Morgan fingerprint density at radius 3 is 1.52 bits per heavy atom. The second-order valence-corrected chi connectivity index (χ2v) is 15.6. The van der Waals surface area contributed by atoms with Crippen molar-refractivity contribution in [2.24, 2.45) is 0 Å². The van der Waals surface area contributed by atoms with Crippen LogP contribution in [0.3, 0.4) is 0 Å². The van der Waals surface area contributed by atoms with Gasteiger partial charge in [-0.1, -0.05) is 140 Å². The van der Waals surface area contributed by atoms with Gasteiger partial charge in [0.15, 0.2) is 0 Å². The average molecular weight is 740 g/mol. The Labute approximate surface area is 334 Å². The maximum atomic E-state index is 6.75. The highest BCUT2D eigenvalue weighted by Gasteiger charge is 2.52. The van der Waals surface area contributed by atoms with Gasteiger partial charge in [-0.05, 0) is 98.6 Å². The zero-order chi connectivity index (χ0) is 38.0. The van der Waals surface area contributed by atoms with Crippen LogP contribution in [0.1, 0.15) is 22.3 Å². The predicted octanol–water partition coefficient (Wildman–Crippen LogP) is 15.0. The van der Waals surface area contributed by atoms with Gasteiger partial charge in [-0.15, -0.1) is 0 Å². The van der Waals surface area contributed by atoms with E-state index in [0.717, 1.165) is 66.5 Å². The molecule has 0 fully saturated rings. The maximum absolute atomic E-state index is 6.75. The van der Waals surface area contributed by atoms with Crippen molar-refractivity contribution in [1.29, 1.82) is 0 Å². The summed E-state index contributed by atoms with van der Waals surface area (Å²) in [6.07, 6.45) is 0. The normalized spacial score (nSPS) is 13.3. The smallest absolute Gasteiger partial charge is 0.137 e. The molecule has 0 saturated heterocycles. The van der Waals surface area contributed by atoms with E-state index >= 15 is 0 Å². The van der Waals surface area contributed by atoms with E-state index in [-0.39, 0.29) is 0 Å². The van der Waals surface area contributed by atoms with Gasteiger partial charge in [-0.25, -0.2) is 0 Å².